The average Bonchev–Trinajstić information content (AvgIpc) is 2.71. The van der Waals surface area contributed by atoms with Gasteiger partial charge >= 0.3 is 0 Å². The van der Waals surface area contributed by atoms with Gasteiger partial charge in [0.2, 0.25) is 5.91 Å². The van der Waals surface area contributed by atoms with E-state index in [1.807, 2.05) is 0 Å². The Balaban J connectivity index is 1.94. The van der Waals surface area contributed by atoms with E-state index in [1.165, 1.54) is 12.8 Å². The highest BCUT2D eigenvalue weighted by molar-refractivity contribution is 5.84. The van der Waals surface area contributed by atoms with Crippen molar-refractivity contribution in [3.8, 4) is 0 Å². The Hall–Kier alpha value is -0.570. The van der Waals surface area contributed by atoms with Gasteiger partial charge in [-0.15, -0.1) is 0 Å². The van der Waals surface area contributed by atoms with Gasteiger partial charge in [-0.3, -0.25) is 10.1 Å². The molecule has 98 valence electrons. The highest BCUT2D eigenvalue weighted by atomic mass is 16.2. The Labute approximate surface area is 105 Å². The molecule has 1 heterocycles. The van der Waals surface area contributed by atoms with Gasteiger partial charge in [-0.05, 0) is 37.0 Å². The van der Waals surface area contributed by atoms with Crippen molar-refractivity contribution in [3.63, 3.8) is 0 Å². The lowest BCUT2D eigenvalue weighted by Crippen LogP contribution is -2.38. The van der Waals surface area contributed by atoms with Crippen LogP contribution in [0.25, 0.3) is 0 Å². The van der Waals surface area contributed by atoms with Crippen molar-refractivity contribution in [2.24, 2.45) is 11.3 Å². The zero-order chi connectivity index (χ0) is 12.6. The SMILES string of the molecule is CC(C)CC1NCN(C2CCC(C)(C)C2)C1=O. The molecule has 3 heteroatoms. The van der Waals surface area contributed by atoms with E-state index in [9.17, 15) is 4.79 Å². The Morgan fingerprint density at radius 1 is 1.47 bits per heavy atom. The fourth-order valence-electron chi connectivity index (χ4n) is 3.20. The van der Waals surface area contributed by atoms with Crippen molar-refractivity contribution >= 4 is 5.91 Å². The topological polar surface area (TPSA) is 32.3 Å². The first-order valence-electron chi connectivity index (χ1n) is 6.93. The first kappa shape index (κ1) is 12.9. The lowest BCUT2D eigenvalue weighted by atomic mass is 9.91. The van der Waals surface area contributed by atoms with E-state index >= 15 is 0 Å². The number of carbonyl (C=O) groups is 1. The van der Waals surface area contributed by atoms with Gasteiger partial charge in [-0.25, -0.2) is 0 Å². The van der Waals surface area contributed by atoms with Crippen molar-refractivity contribution < 1.29 is 4.79 Å². The molecule has 17 heavy (non-hydrogen) atoms. The molecule has 2 fully saturated rings. The maximum absolute atomic E-state index is 12.3. The summed E-state index contributed by atoms with van der Waals surface area (Å²) in [6.45, 7) is 9.74. The summed E-state index contributed by atoms with van der Waals surface area (Å²) in [6.07, 6.45) is 4.55. The smallest absolute Gasteiger partial charge is 0.241 e. The molecule has 1 aliphatic carbocycles. The van der Waals surface area contributed by atoms with Gasteiger partial charge in [0.1, 0.15) is 0 Å². The molecular formula is C14H26N2O. The van der Waals surface area contributed by atoms with Crippen LogP contribution in [0.4, 0.5) is 0 Å². The molecule has 0 aromatic rings. The molecule has 0 aromatic carbocycles. The van der Waals surface area contributed by atoms with Crippen LogP contribution in [0.5, 0.6) is 0 Å². The molecule has 2 unspecified atom stereocenters. The lowest BCUT2D eigenvalue weighted by molar-refractivity contribution is -0.131. The van der Waals surface area contributed by atoms with E-state index < -0.39 is 0 Å². The third-order valence-electron chi connectivity index (χ3n) is 4.18. The van der Waals surface area contributed by atoms with Crippen LogP contribution in [0, 0.1) is 11.3 Å². The Bertz CT molecular complexity index is 299. The van der Waals surface area contributed by atoms with Crippen LogP contribution in [-0.2, 0) is 4.79 Å². The third-order valence-corrected chi connectivity index (χ3v) is 4.18. The summed E-state index contributed by atoms with van der Waals surface area (Å²) < 4.78 is 0. The molecule has 1 saturated heterocycles. The summed E-state index contributed by atoms with van der Waals surface area (Å²) in [5, 5.41) is 3.37. The van der Waals surface area contributed by atoms with Crippen LogP contribution in [-0.4, -0.2) is 29.6 Å². The van der Waals surface area contributed by atoms with Gasteiger partial charge in [-0.2, -0.15) is 0 Å². The van der Waals surface area contributed by atoms with Crippen molar-refractivity contribution in [1.82, 2.24) is 10.2 Å². The summed E-state index contributed by atoms with van der Waals surface area (Å²) in [7, 11) is 0. The third kappa shape index (κ3) is 2.82. The summed E-state index contributed by atoms with van der Waals surface area (Å²) >= 11 is 0. The second-order valence-electron chi connectivity index (χ2n) is 6.91. The molecule has 1 N–H and O–H groups in total. The van der Waals surface area contributed by atoms with Crippen LogP contribution in [0.2, 0.25) is 0 Å². The zero-order valence-electron chi connectivity index (χ0n) is 11.6. The highest BCUT2D eigenvalue weighted by Crippen LogP contribution is 2.40. The normalized spacial score (nSPS) is 32.8. The summed E-state index contributed by atoms with van der Waals surface area (Å²) in [5.74, 6) is 0.915. The van der Waals surface area contributed by atoms with Gasteiger partial charge < -0.3 is 4.90 Å². The molecule has 0 bridgehead atoms. The number of rotatable bonds is 3. The van der Waals surface area contributed by atoms with Crippen molar-refractivity contribution in [2.75, 3.05) is 6.67 Å². The van der Waals surface area contributed by atoms with Crippen LogP contribution in [0.3, 0.4) is 0 Å². The second kappa shape index (κ2) is 4.60. The number of nitrogens with one attached hydrogen (secondary N) is 1. The minimum Gasteiger partial charge on any atom is -0.326 e. The predicted octanol–water partition coefficient (Wildman–Crippen LogP) is 2.37. The Morgan fingerprint density at radius 3 is 2.71 bits per heavy atom. The molecule has 0 radical (unpaired) electrons. The molecule has 1 amide bonds. The summed E-state index contributed by atoms with van der Waals surface area (Å²) in [5.41, 5.74) is 0.418. The molecule has 2 aliphatic rings. The fraction of sp³-hybridized carbons (Fsp3) is 0.929. The van der Waals surface area contributed by atoms with E-state index in [1.54, 1.807) is 0 Å². The minimum absolute atomic E-state index is 0.0683. The number of nitrogens with zero attached hydrogens (tertiary/aromatic N) is 1. The minimum atomic E-state index is 0.0683. The van der Waals surface area contributed by atoms with Crippen LogP contribution in [0.15, 0.2) is 0 Å². The summed E-state index contributed by atoms with van der Waals surface area (Å²) in [4.78, 5) is 14.4. The van der Waals surface area contributed by atoms with E-state index in [-0.39, 0.29) is 6.04 Å². The van der Waals surface area contributed by atoms with Crippen molar-refractivity contribution in [1.29, 1.82) is 0 Å². The Kier molecular flexibility index (Phi) is 3.48. The van der Waals surface area contributed by atoms with Crippen molar-refractivity contribution in [2.45, 2.75) is 65.5 Å². The molecule has 2 atom stereocenters. The van der Waals surface area contributed by atoms with Crippen LogP contribution < -0.4 is 5.32 Å². The largest absolute Gasteiger partial charge is 0.326 e. The van der Waals surface area contributed by atoms with Crippen LogP contribution in [0.1, 0.15) is 53.4 Å². The standard InChI is InChI=1S/C14H26N2O/c1-10(2)7-12-13(17)16(9-15-12)11-5-6-14(3,4)8-11/h10-12,15H,5-9H2,1-4H3. The van der Waals surface area contributed by atoms with E-state index in [2.05, 4.69) is 37.9 Å². The second-order valence-corrected chi connectivity index (χ2v) is 6.91. The van der Waals surface area contributed by atoms with E-state index in [0.717, 1.165) is 19.5 Å². The lowest BCUT2D eigenvalue weighted by Gasteiger charge is -2.25. The fourth-order valence-corrected chi connectivity index (χ4v) is 3.20. The zero-order valence-corrected chi connectivity index (χ0v) is 11.6. The molecular weight excluding hydrogens is 212 g/mol. The molecule has 3 nitrogen and oxygen atoms in total. The monoisotopic (exact) mass is 238 g/mol. The van der Waals surface area contributed by atoms with Gasteiger partial charge in [0.05, 0.1) is 12.7 Å². The number of hydrogen-bond donors (Lipinski definition) is 1. The quantitative estimate of drug-likeness (QED) is 0.818. The van der Waals surface area contributed by atoms with Gasteiger partial charge in [0.25, 0.3) is 0 Å². The highest BCUT2D eigenvalue weighted by Gasteiger charge is 2.41. The number of carbonyl (C=O) groups excluding carboxylic acids is 1. The van der Waals surface area contributed by atoms with Crippen LogP contribution >= 0.6 is 0 Å². The van der Waals surface area contributed by atoms with Gasteiger partial charge in [0, 0.05) is 6.04 Å². The predicted molar refractivity (Wildman–Crippen MR) is 69.5 cm³/mol. The average molecular weight is 238 g/mol. The van der Waals surface area contributed by atoms with E-state index in [4.69, 9.17) is 0 Å². The summed E-state index contributed by atoms with van der Waals surface area (Å²) in [6, 6.07) is 0.542. The molecule has 2 rings (SSSR count). The van der Waals surface area contributed by atoms with Gasteiger partial charge in [0.15, 0.2) is 0 Å². The number of amides is 1. The maximum atomic E-state index is 12.3. The molecule has 0 aromatic heterocycles. The Morgan fingerprint density at radius 2 is 2.18 bits per heavy atom. The van der Waals surface area contributed by atoms with Crippen molar-refractivity contribution in [3.05, 3.63) is 0 Å². The molecule has 0 spiro atoms. The maximum Gasteiger partial charge on any atom is 0.241 e. The van der Waals surface area contributed by atoms with Gasteiger partial charge in [-0.1, -0.05) is 27.7 Å². The number of hydrogen-bond acceptors (Lipinski definition) is 2. The molecule has 1 aliphatic heterocycles. The first-order valence-corrected chi connectivity index (χ1v) is 6.93. The first-order chi connectivity index (χ1) is 7.89. The molecule has 1 saturated carbocycles. The van der Waals surface area contributed by atoms with E-state index in [0.29, 0.717) is 23.3 Å².